The van der Waals surface area contributed by atoms with Gasteiger partial charge in [-0.15, -0.1) is 0 Å². The highest BCUT2D eigenvalue weighted by atomic mass is 32.2. The minimum atomic E-state index is -0.406. The molecule has 2 aliphatic heterocycles. The summed E-state index contributed by atoms with van der Waals surface area (Å²) in [7, 11) is 1.61. The highest BCUT2D eigenvalue weighted by Gasteiger charge is 2.33. The van der Waals surface area contributed by atoms with Gasteiger partial charge in [0.15, 0.2) is 0 Å². The van der Waals surface area contributed by atoms with Crippen LogP contribution in [0.1, 0.15) is 43.4 Å². The zero-order chi connectivity index (χ0) is 23.6. The third-order valence-corrected chi connectivity index (χ3v) is 7.15. The Bertz CT molecular complexity index is 1100. The molecule has 1 atom stereocenters. The molecule has 0 N–H and O–H groups in total. The van der Waals surface area contributed by atoms with Gasteiger partial charge in [-0.25, -0.2) is 0 Å². The first kappa shape index (κ1) is 24.0. The molecule has 2 aliphatic rings. The van der Waals surface area contributed by atoms with Crippen molar-refractivity contribution < 1.29 is 14.3 Å². The van der Waals surface area contributed by atoms with Gasteiger partial charge in [0.25, 0.3) is 11.5 Å². The second-order valence-corrected chi connectivity index (χ2v) is 9.35. The van der Waals surface area contributed by atoms with E-state index < -0.39 is 5.56 Å². The number of rotatable bonds is 5. The van der Waals surface area contributed by atoms with Crippen molar-refractivity contribution in [3.05, 3.63) is 31.9 Å². The predicted molar refractivity (Wildman–Crippen MR) is 128 cm³/mol. The van der Waals surface area contributed by atoms with E-state index in [0.717, 1.165) is 6.42 Å². The molecule has 1 aromatic rings. The van der Waals surface area contributed by atoms with Gasteiger partial charge in [-0.3, -0.25) is 23.9 Å². The Balaban J connectivity index is 2.15. The van der Waals surface area contributed by atoms with Gasteiger partial charge >= 0.3 is 5.97 Å². The number of amides is 1. The molecule has 10 heteroatoms. The van der Waals surface area contributed by atoms with Crippen molar-refractivity contribution in [3.8, 4) is 6.07 Å². The smallest absolute Gasteiger partial charge is 0.310 e. The van der Waals surface area contributed by atoms with Crippen molar-refractivity contribution in [2.45, 2.75) is 33.6 Å². The fraction of sp³-hybridized carbons (Fsp3) is 0.500. The van der Waals surface area contributed by atoms with Crippen LogP contribution in [0.3, 0.4) is 0 Å². The van der Waals surface area contributed by atoms with Crippen LogP contribution in [-0.2, 0) is 21.4 Å². The quantitative estimate of drug-likeness (QED) is 0.365. The lowest BCUT2D eigenvalue weighted by Gasteiger charge is -2.35. The van der Waals surface area contributed by atoms with Gasteiger partial charge in [-0.05, 0) is 45.3 Å². The van der Waals surface area contributed by atoms with Gasteiger partial charge < -0.3 is 9.64 Å². The molecule has 2 fully saturated rings. The van der Waals surface area contributed by atoms with Crippen LogP contribution in [-0.4, -0.2) is 51.9 Å². The van der Waals surface area contributed by atoms with Crippen LogP contribution in [0.2, 0.25) is 0 Å². The van der Waals surface area contributed by atoms with E-state index in [1.807, 2.05) is 17.9 Å². The summed E-state index contributed by atoms with van der Waals surface area (Å²) in [5.41, 5.74) is 0.749. The van der Waals surface area contributed by atoms with E-state index in [-0.39, 0.29) is 23.4 Å². The molecular weight excluding hydrogens is 448 g/mol. The lowest BCUT2D eigenvalue weighted by atomic mass is 9.96. The van der Waals surface area contributed by atoms with E-state index in [1.54, 1.807) is 27.0 Å². The Hall–Kier alpha value is -2.64. The highest BCUT2D eigenvalue weighted by molar-refractivity contribution is 8.26. The van der Waals surface area contributed by atoms with Crippen molar-refractivity contribution >= 4 is 52.1 Å². The van der Waals surface area contributed by atoms with Gasteiger partial charge in [0.2, 0.25) is 0 Å². The Morgan fingerprint density at radius 3 is 2.69 bits per heavy atom. The van der Waals surface area contributed by atoms with Gasteiger partial charge in [0, 0.05) is 32.2 Å². The maximum absolute atomic E-state index is 12.9. The van der Waals surface area contributed by atoms with Crippen LogP contribution in [0.25, 0.3) is 6.08 Å². The molecule has 0 bridgehead atoms. The number of ether oxygens (including phenoxy) is 1. The van der Waals surface area contributed by atoms with Crippen LogP contribution in [0.4, 0.5) is 5.82 Å². The molecular formula is C22H26N4O4S2. The maximum Gasteiger partial charge on any atom is 0.310 e. The van der Waals surface area contributed by atoms with Crippen molar-refractivity contribution in [2.24, 2.45) is 13.0 Å². The van der Waals surface area contributed by atoms with Crippen LogP contribution in [0.5, 0.6) is 0 Å². The Morgan fingerprint density at radius 2 is 2.09 bits per heavy atom. The summed E-state index contributed by atoms with van der Waals surface area (Å²) in [6.45, 7) is 7.17. The average Bonchev–Trinajstić information content (AvgIpc) is 3.05. The number of carbonyl (C=O) groups excluding carboxylic acids is 2. The van der Waals surface area contributed by atoms with Crippen LogP contribution < -0.4 is 10.5 Å². The third-order valence-electron chi connectivity index (χ3n) is 5.77. The normalized spacial score (nSPS) is 20.1. The minimum Gasteiger partial charge on any atom is -0.466 e. The van der Waals surface area contributed by atoms with E-state index in [9.17, 15) is 19.6 Å². The Labute approximate surface area is 196 Å². The average molecular weight is 475 g/mol. The number of nitrogens with zero attached hydrogens (tertiary/aromatic N) is 4. The van der Waals surface area contributed by atoms with Crippen molar-refractivity contribution in [1.82, 2.24) is 9.47 Å². The summed E-state index contributed by atoms with van der Waals surface area (Å²) >= 11 is 6.53. The summed E-state index contributed by atoms with van der Waals surface area (Å²) in [5, 5.41) is 9.60. The number of anilines is 1. The third kappa shape index (κ3) is 4.32. The lowest BCUT2D eigenvalue weighted by Crippen LogP contribution is -2.42. The van der Waals surface area contributed by atoms with Crippen LogP contribution in [0, 0.1) is 24.2 Å². The zero-order valence-electron chi connectivity index (χ0n) is 18.6. The first-order chi connectivity index (χ1) is 15.2. The molecule has 0 saturated carbocycles. The highest BCUT2D eigenvalue weighted by Crippen LogP contribution is 2.36. The molecule has 170 valence electrons. The number of aromatic nitrogens is 1. The van der Waals surface area contributed by atoms with E-state index in [2.05, 4.69) is 0 Å². The van der Waals surface area contributed by atoms with E-state index in [0.29, 0.717) is 58.8 Å². The molecule has 0 aliphatic carbocycles. The molecule has 32 heavy (non-hydrogen) atoms. The molecule has 1 unspecified atom stereocenters. The van der Waals surface area contributed by atoms with Crippen molar-refractivity contribution in [3.63, 3.8) is 0 Å². The number of pyridine rings is 1. The molecule has 0 aromatic carbocycles. The molecule has 2 saturated heterocycles. The number of esters is 1. The fourth-order valence-corrected chi connectivity index (χ4v) is 5.49. The van der Waals surface area contributed by atoms with E-state index in [4.69, 9.17) is 17.0 Å². The number of thioether (sulfide) groups is 1. The Morgan fingerprint density at radius 1 is 1.38 bits per heavy atom. The summed E-state index contributed by atoms with van der Waals surface area (Å²) in [6.07, 6.45) is 3.19. The summed E-state index contributed by atoms with van der Waals surface area (Å²) in [4.78, 5) is 42.0. The topological polar surface area (TPSA) is 95.6 Å². The lowest BCUT2D eigenvalue weighted by molar-refractivity contribution is -0.148. The van der Waals surface area contributed by atoms with Gasteiger partial charge in [0.1, 0.15) is 21.8 Å². The second-order valence-electron chi connectivity index (χ2n) is 7.68. The Kier molecular flexibility index (Phi) is 7.41. The predicted octanol–water partition coefficient (Wildman–Crippen LogP) is 2.57. The number of thiocarbonyl (C=S) groups is 1. The molecule has 0 spiro atoms. The monoisotopic (exact) mass is 474 g/mol. The number of piperidine rings is 1. The number of nitriles is 1. The summed E-state index contributed by atoms with van der Waals surface area (Å²) in [6, 6.07) is 2.00. The number of carbonyl (C=O) groups is 2. The molecule has 3 heterocycles. The zero-order valence-corrected chi connectivity index (χ0v) is 20.3. The first-order valence-electron chi connectivity index (χ1n) is 10.6. The van der Waals surface area contributed by atoms with Gasteiger partial charge in [-0.2, -0.15) is 5.26 Å². The SMILES string of the molecule is CCOC(=O)C1CCCN(c2c(/C=C3/SC(=S)N(CC)C3=O)c(C)c(C#N)c(=O)n2C)C1. The first-order valence-corrected chi connectivity index (χ1v) is 11.8. The molecule has 1 amide bonds. The molecule has 1 aromatic heterocycles. The van der Waals surface area contributed by atoms with E-state index in [1.165, 1.54) is 21.2 Å². The largest absolute Gasteiger partial charge is 0.466 e. The molecule has 0 radical (unpaired) electrons. The molecule has 3 rings (SSSR count). The van der Waals surface area contributed by atoms with Gasteiger partial charge in [-0.1, -0.05) is 24.0 Å². The number of hydrogen-bond donors (Lipinski definition) is 0. The van der Waals surface area contributed by atoms with E-state index >= 15 is 0 Å². The standard InChI is InChI=1S/C22H26N4O4S2/c1-5-26-20(28)17(32-22(26)31)10-15-13(3)16(11-23)19(27)24(4)18(15)25-9-7-8-14(12-25)21(29)30-6-2/h10,14H,5-9,12H2,1-4H3/b17-10+. The fourth-order valence-electron chi connectivity index (χ4n) is 4.12. The van der Waals surface area contributed by atoms with Crippen LogP contribution >= 0.6 is 24.0 Å². The second kappa shape index (κ2) is 9.88. The summed E-state index contributed by atoms with van der Waals surface area (Å²) in [5.74, 6) is -0.163. The summed E-state index contributed by atoms with van der Waals surface area (Å²) < 4.78 is 7.13. The van der Waals surface area contributed by atoms with Gasteiger partial charge in [0.05, 0.1) is 17.4 Å². The van der Waals surface area contributed by atoms with Crippen LogP contribution in [0.15, 0.2) is 9.70 Å². The minimum absolute atomic E-state index is 0.0347. The maximum atomic E-state index is 12.9. The van der Waals surface area contributed by atoms with Crippen molar-refractivity contribution in [2.75, 3.05) is 31.1 Å². The number of hydrogen-bond acceptors (Lipinski definition) is 8. The number of likely N-dealkylation sites (N-methyl/N-ethyl adjacent to an activating group) is 1. The van der Waals surface area contributed by atoms with Crippen molar-refractivity contribution in [1.29, 1.82) is 5.26 Å². The molecule has 8 nitrogen and oxygen atoms in total.